The van der Waals surface area contributed by atoms with Crippen LogP contribution in [0.5, 0.6) is 0 Å². The molecule has 3 aromatic rings. The molecule has 7 heteroatoms. The van der Waals surface area contributed by atoms with Crippen molar-refractivity contribution in [1.29, 1.82) is 0 Å². The number of pyridine rings is 1. The van der Waals surface area contributed by atoms with Gasteiger partial charge in [0.05, 0.1) is 5.69 Å². The van der Waals surface area contributed by atoms with Crippen LogP contribution in [0.4, 0.5) is 5.69 Å². The summed E-state index contributed by atoms with van der Waals surface area (Å²) >= 11 is 0. The smallest absolute Gasteiger partial charge is 0.870 e. The normalized spacial score (nSPS) is 9.90. The van der Waals surface area contributed by atoms with E-state index in [0.717, 1.165) is 47.8 Å². The third-order valence-electron chi connectivity index (χ3n) is 7.11. The number of Topliss-reactive ketones (excluding diaryl/α,β-unsaturated/α-hetero) is 1. The molecule has 3 rings (SSSR count). The first-order valence-electron chi connectivity index (χ1n) is 14.9. The van der Waals surface area contributed by atoms with Crippen molar-refractivity contribution >= 4 is 28.3 Å². The molecule has 0 aliphatic rings. The Morgan fingerprint density at radius 2 is 1.36 bits per heavy atom. The van der Waals surface area contributed by atoms with Crippen molar-refractivity contribution in [2.75, 3.05) is 5.32 Å². The van der Waals surface area contributed by atoms with Gasteiger partial charge in [-0.05, 0) is 50.5 Å². The number of rotatable bonds is 15. The van der Waals surface area contributed by atoms with Crippen LogP contribution >= 0.6 is 0 Å². The largest absolute Gasteiger partial charge is 1.00 e. The molecule has 0 aliphatic carbocycles. The van der Waals surface area contributed by atoms with Gasteiger partial charge < -0.3 is 15.8 Å². The van der Waals surface area contributed by atoms with Crippen LogP contribution in [0.1, 0.15) is 127 Å². The van der Waals surface area contributed by atoms with Gasteiger partial charge in [0.1, 0.15) is 0 Å². The second kappa shape index (κ2) is 24.2. The summed E-state index contributed by atoms with van der Waals surface area (Å²) in [5.41, 5.74) is 4.38. The minimum Gasteiger partial charge on any atom is -0.870 e. The van der Waals surface area contributed by atoms with Gasteiger partial charge in [-0.25, -0.2) is 0 Å². The van der Waals surface area contributed by atoms with Gasteiger partial charge in [0.25, 0.3) is 0 Å². The van der Waals surface area contributed by atoms with Crippen LogP contribution in [0, 0.1) is 6.92 Å². The molecule has 228 valence electrons. The minimum atomic E-state index is -0.00199. The van der Waals surface area contributed by atoms with E-state index in [0.29, 0.717) is 24.1 Å². The van der Waals surface area contributed by atoms with Crippen LogP contribution in [0.3, 0.4) is 0 Å². The summed E-state index contributed by atoms with van der Waals surface area (Å²) in [6.45, 7) is 8.17. The van der Waals surface area contributed by atoms with E-state index in [-0.39, 0.29) is 59.6 Å². The number of unbranched alkanes of at least 4 members (excludes halogenated alkanes) is 8. The Kier molecular flexibility index (Phi) is 24.2. The number of anilines is 1. The quantitative estimate of drug-likeness (QED) is 0.122. The number of aryl methyl sites for hydroxylation is 1. The Hall–Kier alpha value is -2.25. The summed E-state index contributed by atoms with van der Waals surface area (Å²) in [6, 6.07) is 15.0. The van der Waals surface area contributed by atoms with E-state index < -0.39 is 0 Å². The maximum absolute atomic E-state index is 12.3. The first kappa shape index (κ1) is 41.9. The Balaban J connectivity index is 0. The second-order valence-corrected chi connectivity index (χ2v) is 10.3. The molecule has 0 unspecified atom stereocenters. The van der Waals surface area contributed by atoms with E-state index >= 15 is 0 Å². The average Bonchev–Trinajstić information content (AvgIpc) is 2.95. The summed E-state index contributed by atoms with van der Waals surface area (Å²) < 4.78 is 0. The first-order valence-corrected chi connectivity index (χ1v) is 14.9. The number of aromatic nitrogens is 1. The van der Waals surface area contributed by atoms with Crippen LogP contribution < -0.4 is 40.3 Å². The zero-order chi connectivity index (χ0) is 28.5. The Morgan fingerprint density at radius 1 is 0.786 bits per heavy atom. The number of nitrogens with one attached hydrogen (secondary N) is 2. The van der Waals surface area contributed by atoms with E-state index in [1.54, 1.807) is 12.1 Å². The summed E-state index contributed by atoms with van der Waals surface area (Å²) in [6.07, 6.45) is 13.9. The molecule has 0 fully saturated rings. The molecule has 2 aromatic carbocycles. The number of aromatic amines is 1. The van der Waals surface area contributed by atoms with Crippen molar-refractivity contribution in [3.05, 3.63) is 75.6 Å². The number of carbonyl (C=O) groups excluding carboxylic acids is 2. The van der Waals surface area contributed by atoms with Crippen LogP contribution in [0.15, 0.2) is 53.3 Å². The van der Waals surface area contributed by atoms with E-state index in [9.17, 15) is 14.4 Å². The first-order chi connectivity index (χ1) is 18.9. The zero-order valence-corrected chi connectivity index (χ0v) is 28.0. The molecular formula is C35H53N2NaO4. The number of para-hydroxylation sites is 2. The third-order valence-corrected chi connectivity index (χ3v) is 7.11. The molecule has 0 aliphatic heterocycles. The number of H-pyrrole nitrogens is 1. The van der Waals surface area contributed by atoms with E-state index in [1.807, 2.05) is 50.2 Å². The van der Waals surface area contributed by atoms with Crippen molar-refractivity contribution in [2.24, 2.45) is 0 Å². The average molecular weight is 589 g/mol. The van der Waals surface area contributed by atoms with Gasteiger partial charge >= 0.3 is 29.6 Å². The van der Waals surface area contributed by atoms with Crippen LogP contribution in [0.2, 0.25) is 0 Å². The molecule has 6 nitrogen and oxygen atoms in total. The van der Waals surface area contributed by atoms with Crippen molar-refractivity contribution in [3.63, 3.8) is 0 Å². The number of hydrogen-bond acceptors (Lipinski definition) is 4. The fourth-order valence-electron chi connectivity index (χ4n) is 4.67. The molecule has 1 aromatic heterocycles. The Bertz CT molecular complexity index is 1240. The van der Waals surface area contributed by atoms with Gasteiger partial charge in [-0.1, -0.05) is 104 Å². The minimum absolute atomic E-state index is 0. The molecule has 42 heavy (non-hydrogen) atoms. The van der Waals surface area contributed by atoms with Gasteiger partial charge in [-0.3, -0.25) is 14.4 Å². The van der Waals surface area contributed by atoms with E-state index in [4.69, 9.17) is 0 Å². The number of ketones is 1. The van der Waals surface area contributed by atoms with Gasteiger partial charge in [0, 0.05) is 40.6 Å². The van der Waals surface area contributed by atoms with E-state index in [1.165, 1.54) is 44.9 Å². The monoisotopic (exact) mass is 588 g/mol. The summed E-state index contributed by atoms with van der Waals surface area (Å²) in [4.78, 5) is 39.4. The second-order valence-electron chi connectivity index (χ2n) is 10.3. The standard InChI is InChI=1S/C17H25NO2.C17H23NO.CH4.Na.H2O/c1-3-5-6-7-8-13-17(20)18-15-12-10-9-11-14(15)16(19)4-2;1-3-4-5-6-7-11-15-13(2)17(19)14-10-8-9-12-16(14)18-15;;;/h9-12H,3-8,13H2,1-2H3,(H,18,20);8-10,12H,3-7,11H2,1-2H3,(H,18,19);1H4;;1H2/q;;;+1;/p-1. The molecule has 0 radical (unpaired) electrons. The number of carbonyl (C=O) groups is 2. The molecule has 1 heterocycles. The molecule has 0 saturated carbocycles. The predicted molar refractivity (Wildman–Crippen MR) is 174 cm³/mol. The van der Waals surface area contributed by atoms with Crippen molar-refractivity contribution in [1.82, 2.24) is 4.98 Å². The maximum Gasteiger partial charge on any atom is 1.00 e. The van der Waals surface area contributed by atoms with Crippen LogP contribution in [-0.4, -0.2) is 22.2 Å². The molecule has 3 N–H and O–H groups in total. The predicted octanol–water partition coefficient (Wildman–Crippen LogP) is 6.39. The van der Waals surface area contributed by atoms with E-state index in [2.05, 4.69) is 24.1 Å². The maximum atomic E-state index is 12.3. The molecule has 0 atom stereocenters. The summed E-state index contributed by atoms with van der Waals surface area (Å²) in [5.74, 6) is 0.0571. The molecule has 0 spiro atoms. The summed E-state index contributed by atoms with van der Waals surface area (Å²) in [5, 5.41) is 3.66. The van der Waals surface area contributed by atoms with Gasteiger partial charge in [-0.15, -0.1) is 0 Å². The number of hydrogen-bond donors (Lipinski definition) is 2. The van der Waals surface area contributed by atoms with Crippen LogP contribution in [0.25, 0.3) is 10.9 Å². The zero-order valence-electron chi connectivity index (χ0n) is 26.0. The van der Waals surface area contributed by atoms with Crippen LogP contribution in [-0.2, 0) is 11.2 Å². The molecule has 0 saturated heterocycles. The molecular weight excluding hydrogens is 535 g/mol. The van der Waals surface area contributed by atoms with Gasteiger partial charge in [0.15, 0.2) is 11.2 Å². The SMILES string of the molecule is C.CCCCCCCC(=O)Nc1ccccc1C(=O)CC.CCCCCCCc1[nH]c2ccccc2c(=O)c1C.[Na+].[OH-]. The van der Waals surface area contributed by atoms with Crippen molar-refractivity contribution in [3.8, 4) is 0 Å². The number of benzene rings is 2. The van der Waals surface area contributed by atoms with Gasteiger partial charge in [-0.2, -0.15) is 0 Å². The molecule has 1 amide bonds. The van der Waals surface area contributed by atoms with Crippen molar-refractivity contribution < 1.29 is 44.6 Å². The fraction of sp³-hybridized carbons (Fsp3) is 0.514. The summed E-state index contributed by atoms with van der Waals surface area (Å²) in [7, 11) is 0. The Morgan fingerprint density at radius 3 is 2.00 bits per heavy atom. The van der Waals surface area contributed by atoms with Crippen molar-refractivity contribution in [2.45, 2.75) is 119 Å². The fourth-order valence-corrected chi connectivity index (χ4v) is 4.67. The number of amides is 1. The Labute approximate surface area is 276 Å². The third kappa shape index (κ3) is 14.3. The van der Waals surface area contributed by atoms with Gasteiger partial charge in [0.2, 0.25) is 5.91 Å². The number of fused-ring (bicyclic) bond motifs is 1. The molecule has 0 bridgehead atoms. The topological polar surface area (TPSA) is 109 Å².